The van der Waals surface area contributed by atoms with Gasteiger partial charge in [0.2, 0.25) is 5.91 Å². The summed E-state index contributed by atoms with van der Waals surface area (Å²) < 4.78 is 5.12. The molecule has 1 aliphatic rings. The molecule has 0 aliphatic carbocycles. The highest BCUT2D eigenvalue weighted by Crippen LogP contribution is 2.29. The van der Waals surface area contributed by atoms with Crippen molar-refractivity contribution in [3.05, 3.63) is 63.6 Å². The molecule has 1 N–H and O–H groups in total. The van der Waals surface area contributed by atoms with Gasteiger partial charge in [-0.3, -0.25) is 4.79 Å². The van der Waals surface area contributed by atoms with Crippen LogP contribution in [-0.4, -0.2) is 56.1 Å². The van der Waals surface area contributed by atoms with E-state index in [2.05, 4.69) is 22.0 Å². The summed E-state index contributed by atoms with van der Waals surface area (Å²) in [4.78, 5) is 29.5. The molecule has 1 aliphatic heterocycles. The molecule has 0 radical (unpaired) electrons. The SMILES string of the molecule is CCOC(=O)c1ccc(N2CCN(CC)CC2)c(NC(=O)/C=C/c2ccc(Cl)cc2Cl)c1. The highest BCUT2D eigenvalue weighted by molar-refractivity contribution is 6.35. The molecule has 3 rings (SSSR count). The van der Waals surface area contributed by atoms with Gasteiger partial charge in [0, 0.05) is 42.3 Å². The molecule has 6 nitrogen and oxygen atoms in total. The minimum atomic E-state index is -0.422. The topological polar surface area (TPSA) is 61.9 Å². The molecule has 2 aromatic carbocycles. The average molecular weight is 476 g/mol. The number of rotatable bonds is 7. The summed E-state index contributed by atoms with van der Waals surface area (Å²) >= 11 is 12.1. The lowest BCUT2D eigenvalue weighted by molar-refractivity contribution is -0.111. The zero-order valence-corrected chi connectivity index (χ0v) is 19.7. The first-order valence-corrected chi connectivity index (χ1v) is 11.4. The van der Waals surface area contributed by atoms with Gasteiger partial charge in [-0.2, -0.15) is 0 Å². The Morgan fingerprint density at radius 1 is 1.06 bits per heavy atom. The summed E-state index contributed by atoms with van der Waals surface area (Å²) in [7, 11) is 0. The molecule has 1 saturated heterocycles. The number of benzene rings is 2. The van der Waals surface area contributed by atoms with Crippen LogP contribution in [0.5, 0.6) is 0 Å². The lowest BCUT2D eigenvalue weighted by Gasteiger charge is -2.36. The Bertz CT molecular complexity index is 1000. The van der Waals surface area contributed by atoms with Crippen LogP contribution in [0.3, 0.4) is 0 Å². The summed E-state index contributed by atoms with van der Waals surface area (Å²) in [5, 5.41) is 3.90. The zero-order valence-electron chi connectivity index (χ0n) is 18.2. The molecule has 2 aromatic rings. The molecule has 1 amide bonds. The second kappa shape index (κ2) is 11.4. The Labute approximate surface area is 198 Å². The maximum Gasteiger partial charge on any atom is 0.338 e. The largest absolute Gasteiger partial charge is 0.462 e. The van der Waals surface area contributed by atoms with Gasteiger partial charge in [-0.25, -0.2) is 4.79 Å². The molecule has 0 aromatic heterocycles. The van der Waals surface area contributed by atoms with Gasteiger partial charge in [0.05, 0.1) is 23.5 Å². The van der Waals surface area contributed by atoms with Crippen LogP contribution >= 0.6 is 23.2 Å². The first-order chi connectivity index (χ1) is 15.4. The first kappa shape index (κ1) is 24.1. The van der Waals surface area contributed by atoms with Crippen LogP contribution in [0.25, 0.3) is 6.08 Å². The average Bonchev–Trinajstić information content (AvgIpc) is 2.79. The lowest BCUT2D eigenvalue weighted by atomic mass is 10.1. The van der Waals surface area contributed by atoms with E-state index in [9.17, 15) is 9.59 Å². The van der Waals surface area contributed by atoms with Crippen LogP contribution in [0.4, 0.5) is 11.4 Å². The van der Waals surface area contributed by atoms with E-state index in [1.807, 2.05) is 6.07 Å². The van der Waals surface area contributed by atoms with Crippen molar-refractivity contribution >= 4 is 52.5 Å². The smallest absolute Gasteiger partial charge is 0.338 e. The van der Waals surface area contributed by atoms with E-state index >= 15 is 0 Å². The Morgan fingerprint density at radius 2 is 1.81 bits per heavy atom. The van der Waals surface area contributed by atoms with Crippen molar-refractivity contribution in [2.75, 3.05) is 49.5 Å². The van der Waals surface area contributed by atoms with E-state index in [0.717, 1.165) is 38.4 Å². The monoisotopic (exact) mass is 475 g/mol. The van der Waals surface area contributed by atoms with Crippen molar-refractivity contribution in [1.82, 2.24) is 4.90 Å². The van der Waals surface area contributed by atoms with Crippen LogP contribution in [0.15, 0.2) is 42.5 Å². The van der Waals surface area contributed by atoms with E-state index in [0.29, 0.717) is 26.9 Å². The number of carbonyl (C=O) groups is 2. The van der Waals surface area contributed by atoms with Crippen LogP contribution in [0.2, 0.25) is 10.0 Å². The molecule has 0 unspecified atom stereocenters. The second-order valence-electron chi connectivity index (χ2n) is 7.36. The molecule has 170 valence electrons. The molecule has 1 fully saturated rings. The number of nitrogens with one attached hydrogen (secondary N) is 1. The normalized spacial score (nSPS) is 14.6. The molecule has 0 atom stereocenters. The van der Waals surface area contributed by atoms with Gasteiger partial charge in [0.15, 0.2) is 0 Å². The molecular weight excluding hydrogens is 449 g/mol. The Hall–Kier alpha value is -2.54. The van der Waals surface area contributed by atoms with E-state index in [-0.39, 0.29) is 12.5 Å². The maximum atomic E-state index is 12.7. The van der Waals surface area contributed by atoms with Crippen LogP contribution in [0.1, 0.15) is 29.8 Å². The number of carbonyl (C=O) groups excluding carboxylic acids is 2. The first-order valence-electron chi connectivity index (χ1n) is 10.6. The standard InChI is InChI=1S/C24H27Cl2N3O3/c1-3-28-11-13-29(14-12-28)22-9-6-18(24(31)32-4-2)15-21(22)27-23(30)10-7-17-5-8-19(25)16-20(17)26/h5-10,15-16H,3-4,11-14H2,1-2H3,(H,27,30)/b10-7+. The number of nitrogens with zero attached hydrogens (tertiary/aromatic N) is 2. The fraction of sp³-hybridized carbons (Fsp3) is 0.333. The third kappa shape index (κ3) is 6.25. The Kier molecular flexibility index (Phi) is 8.56. The van der Waals surface area contributed by atoms with Gasteiger partial charge >= 0.3 is 5.97 Å². The Balaban J connectivity index is 1.82. The van der Waals surface area contributed by atoms with Gasteiger partial charge < -0.3 is 19.9 Å². The third-order valence-corrected chi connectivity index (χ3v) is 5.86. The van der Waals surface area contributed by atoms with E-state index in [1.54, 1.807) is 43.3 Å². The van der Waals surface area contributed by atoms with Crippen molar-refractivity contribution in [3.63, 3.8) is 0 Å². The van der Waals surface area contributed by atoms with E-state index in [4.69, 9.17) is 27.9 Å². The summed E-state index contributed by atoms with van der Waals surface area (Å²) in [6.45, 7) is 8.76. The molecule has 32 heavy (non-hydrogen) atoms. The quantitative estimate of drug-likeness (QED) is 0.452. The minimum Gasteiger partial charge on any atom is -0.462 e. The lowest BCUT2D eigenvalue weighted by Crippen LogP contribution is -2.46. The fourth-order valence-electron chi connectivity index (χ4n) is 3.53. The van der Waals surface area contributed by atoms with Crippen molar-refractivity contribution in [1.29, 1.82) is 0 Å². The van der Waals surface area contributed by atoms with Crippen molar-refractivity contribution in [2.24, 2.45) is 0 Å². The van der Waals surface area contributed by atoms with Gasteiger partial charge in [0.1, 0.15) is 0 Å². The van der Waals surface area contributed by atoms with E-state index in [1.165, 1.54) is 6.08 Å². The predicted molar refractivity (Wildman–Crippen MR) is 131 cm³/mol. The summed E-state index contributed by atoms with van der Waals surface area (Å²) in [5.41, 5.74) is 2.52. The van der Waals surface area contributed by atoms with Crippen LogP contribution in [-0.2, 0) is 9.53 Å². The number of halogens is 2. The zero-order chi connectivity index (χ0) is 23.1. The fourth-order valence-corrected chi connectivity index (χ4v) is 4.01. The highest BCUT2D eigenvalue weighted by Gasteiger charge is 2.20. The number of likely N-dealkylation sites (N-methyl/N-ethyl adjacent to an activating group) is 1. The van der Waals surface area contributed by atoms with Gasteiger partial charge in [-0.15, -0.1) is 0 Å². The maximum absolute atomic E-state index is 12.7. The highest BCUT2D eigenvalue weighted by atomic mass is 35.5. The van der Waals surface area contributed by atoms with Gasteiger partial charge in [-0.05, 0) is 55.4 Å². The van der Waals surface area contributed by atoms with Gasteiger partial charge in [-0.1, -0.05) is 36.2 Å². The number of hydrogen-bond donors (Lipinski definition) is 1. The van der Waals surface area contributed by atoms with Crippen molar-refractivity contribution in [3.8, 4) is 0 Å². The van der Waals surface area contributed by atoms with Crippen molar-refractivity contribution < 1.29 is 14.3 Å². The second-order valence-corrected chi connectivity index (χ2v) is 8.21. The molecule has 0 saturated carbocycles. The molecule has 0 spiro atoms. The van der Waals surface area contributed by atoms with Crippen molar-refractivity contribution in [2.45, 2.75) is 13.8 Å². The number of piperazine rings is 1. The van der Waals surface area contributed by atoms with Gasteiger partial charge in [0.25, 0.3) is 0 Å². The Morgan fingerprint density at radius 3 is 2.47 bits per heavy atom. The van der Waals surface area contributed by atoms with Crippen LogP contribution < -0.4 is 10.2 Å². The number of amides is 1. The number of hydrogen-bond acceptors (Lipinski definition) is 5. The molecule has 1 heterocycles. The molecule has 8 heteroatoms. The number of ether oxygens (including phenoxy) is 1. The number of esters is 1. The van der Waals surface area contributed by atoms with E-state index < -0.39 is 5.97 Å². The minimum absolute atomic E-state index is 0.284. The third-order valence-electron chi connectivity index (χ3n) is 5.30. The van der Waals surface area contributed by atoms with Crippen LogP contribution in [0, 0.1) is 0 Å². The molecular formula is C24H27Cl2N3O3. The number of anilines is 2. The molecule has 0 bridgehead atoms. The summed E-state index contributed by atoms with van der Waals surface area (Å²) in [6.07, 6.45) is 3.04. The summed E-state index contributed by atoms with van der Waals surface area (Å²) in [5.74, 6) is -0.751. The predicted octanol–water partition coefficient (Wildman–Crippen LogP) is 4.96. The summed E-state index contributed by atoms with van der Waals surface area (Å²) in [6, 6.07) is 10.3.